The highest BCUT2D eigenvalue weighted by molar-refractivity contribution is 7.99. The largest absolute Gasteiger partial charge is 0.370 e. The maximum atomic E-state index is 12.4. The van der Waals surface area contributed by atoms with E-state index in [1.807, 2.05) is 49.1 Å². The van der Waals surface area contributed by atoms with E-state index in [1.54, 1.807) is 0 Å². The number of amides is 1. The van der Waals surface area contributed by atoms with Crippen LogP contribution in [0.15, 0.2) is 35.4 Å². The van der Waals surface area contributed by atoms with Crippen LogP contribution in [0.5, 0.6) is 0 Å². The van der Waals surface area contributed by atoms with E-state index in [9.17, 15) is 4.79 Å². The quantitative estimate of drug-likeness (QED) is 0.557. The van der Waals surface area contributed by atoms with Crippen LogP contribution < -0.4 is 0 Å². The summed E-state index contributed by atoms with van der Waals surface area (Å²) < 4.78 is 5.99. The summed E-state index contributed by atoms with van der Waals surface area (Å²) in [5.74, 6) is 1.23. The van der Waals surface area contributed by atoms with Crippen LogP contribution in [0.4, 0.5) is 0 Å². The van der Waals surface area contributed by atoms with Gasteiger partial charge in [-0.3, -0.25) is 4.79 Å². The van der Waals surface area contributed by atoms with Crippen LogP contribution in [0, 0.1) is 0 Å². The van der Waals surface area contributed by atoms with Crippen LogP contribution in [0.3, 0.4) is 0 Å². The molecule has 144 valence electrons. The molecule has 2 aromatic rings. The Hall–Kier alpha value is -1.92. The van der Waals surface area contributed by atoms with Gasteiger partial charge in [-0.2, -0.15) is 0 Å². The number of ether oxygens (including phenoxy) is 1. The lowest BCUT2D eigenvalue weighted by molar-refractivity contribution is -0.127. The molecule has 1 aromatic heterocycles. The molecule has 1 aliphatic rings. The lowest BCUT2D eigenvalue weighted by atomic mass is 9.96. The molecular weight excluding hydrogens is 358 g/mol. The van der Waals surface area contributed by atoms with Crippen molar-refractivity contribution < 1.29 is 9.53 Å². The van der Waals surface area contributed by atoms with Gasteiger partial charge in [0.15, 0.2) is 5.82 Å². The van der Waals surface area contributed by atoms with E-state index in [0.717, 1.165) is 41.4 Å². The molecule has 0 saturated carbocycles. The highest BCUT2D eigenvalue weighted by Gasteiger charge is 2.30. The molecule has 27 heavy (non-hydrogen) atoms. The molecule has 6 heteroatoms. The highest BCUT2D eigenvalue weighted by atomic mass is 32.2. The molecule has 5 nitrogen and oxygen atoms in total. The average Bonchev–Trinajstić information content (AvgIpc) is 2.66. The lowest BCUT2D eigenvalue weighted by Crippen LogP contribution is -2.33. The fourth-order valence-corrected chi connectivity index (χ4v) is 4.10. The predicted molar refractivity (Wildman–Crippen MR) is 109 cm³/mol. The number of aromatic nitrogens is 2. The zero-order valence-electron chi connectivity index (χ0n) is 16.5. The molecule has 0 fully saturated rings. The Morgan fingerprint density at radius 3 is 2.56 bits per heavy atom. The fourth-order valence-electron chi connectivity index (χ4n) is 3.15. The number of carbonyl (C=O) groups is 1. The standard InChI is InChI=1S/C21H27N3O2S/c1-5-24(6-2)18(25)14-27-20-16-13-26-21(3,4)12-17(16)22-19(23-20)15-10-8-7-9-11-15/h7-11H,5-6,12-14H2,1-4H3. The van der Waals surface area contributed by atoms with Gasteiger partial charge in [0.25, 0.3) is 0 Å². The first-order valence-electron chi connectivity index (χ1n) is 9.43. The Morgan fingerprint density at radius 2 is 1.89 bits per heavy atom. The SMILES string of the molecule is CCN(CC)C(=O)CSc1nc(-c2ccccc2)nc2c1COC(C)(C)C2. The second kappa shape index (κ2) is 8.40. The van der Waals surface area contributed by atoms with Gasteiger partial charge in [-0.1, -0.05) is 42.1 Å². The first-order chi connectivity index (χ1) is 12.9. The Morgan fingerprint density at radius 1 is 1.19 bits per heavy atom. The summed E-state index contributed by atoms with van der Waals surface area (Å²) in [4.78, 5) is 23.9. The summed E-state index contributed by atoms with van der Waals surface area (Å²) in [7, 11) is 0. The van der Waals surface area contributed by atoms with Gasteiger partial charge in [-0.25, -0.2) is 9.97 Å². The molecule has 0 aliphatic carbocycles. The van der Waals surface area contributed by atoms with Crippen LogP contribution in [0.1, 0.15) is 39.0 Å². The zero-order chi connectivity index (χ0) is 19.4. The lowest BCUT2D eigenvalue weighted by Gasteiger charge is -2.32. The summed E-state index contributed by atoms with van der Waals surface area (Å²) in [5.41, 5.74) is 2.79. The van der Waals surface area contributed by atoms with Gasteiger partial charge in [0.1, 0.15) is 5.03 Å². The van der Waals surface area contributed by atoms with Crippen molar-refractivity contribution in [3.8, 4) is 11.4 Å². The van der Waals surface area contributed by atoms with Crippen LogP contribution in [-0.2, 0) is 22.6 Å². The van der Waals surface area contributed by atoms with E-state index < -0.39 is 0 Å². The van der Waals surface area contributed by atoms with Crippen molar-refractivity contribution in [2.24, 2.45) is 0 Å². The molecule has 0 bridgehead atoms. The van der Waals surface area contributed by atoms with Crippen molar-refractivity contribution in [3.63, 3.8) is 0 Å². The van der Waals surface area contributed by atoms with Gasteiger partial charge in [0, 0.05) is 30.6 Å². The van der Waals surface area contributed by atoms with Gasteiger partial charge < -0.3 is 9.64 Å². The molecule has 0 unspecified atom stereocenters. The number of thioether (sulfide) groups is 1. The van der Waals surface area contributed by atoms with Gasteiger partial charge in [-0.15, -0.1) is 0 Å². The van der Waals surface area contributed by atoms with Crippen molar-refractivity contribution in [1.29, 1.82) is 0 Å². The van der Waals surface area contributed by atoms with Gasteiger partial charge >= 0.3 is 0 Å². The second-order valence-electron chi connectivity index (χ2n) is 7.22. The third kappa shape index (κ3) is 4.68. The molecule has 0 radical (unpaired) electrons. The minimum atomic E-state index is -0.242. The second-order valence-corrected chi connectivity index (χ2v) is 8.19. The smallest absolute Gasteiger partial charge is 0.232 e. The number of benzene rings is 1. The number of fused-ring (bicyclic) bond motifs is 1. The molecule has 0 saturated heterocycles. The molecular formula is C21H27N3O2S. The summed E-state index contributed by atoms with van der Waals surface area (Å²) in [5, 5.41) is 0.856. The molecule has 1 aromatic carbocycles. The zero-order valence-corrected chi connectivity index (χ0v) is 17.3. The number of hydrogen-bond donors (Lipinski definition) is 0. The summed E-state index contributed by atoms with van der Waals surface area (Å²) in [6.45, 7) is 10.1. The van der Waals surface area contributed by atoms with Crippen molar-refractivity contribution in [3.05, 3.63) is 41.6 Å². The highest BCUT2D eigenvalue weighted by Crippen LogP contribution is 2.34. The summed E-state index contributed by atoms with van der Waals surface area (Å²) in [6, 6.07) is 9.99. The molecule has 0 spiro atoms. The Kier molecular flexibility index (Phi) is 6.17. The molecule has 2 heterocycles. The van der Waals surface area contributed by atoms with E-state index in [4.69, 9.17) is 14.7 Å². The molecule has 1 aliphatic heterocycles. The van der Waals surface area contributed by atoms with Gasteiger partial charge in [0.05, 0.1) is 23.7 Å². The van der Waals surface area contributed by atoms with E-state index in [2.05, 4.69) is 13.8 Å². The van der Waals surface area contributed by atoms with Gasteiger partial charge in [-0.05, 0) is 27.7 Å². The van der Waals surface area contributed by atoms with E-state index in [-0.39, 0.29) is 11.5 Å². The molecule has 0 atom stereocenters. The molecule has 3 rings (SSSR count). The Balaban J connectivity index is 1.93. The number of rotatable bonds is 6. The Bertz CT molecular complexity index is 805. The van der Waals surface area contributed by atoms with E-state index >= 15 is 0 Å². The monoisotopic (exact) mass is 385 g/mol. The van der Waals surface area contributed by atoms with E-state index in [0.29, 0.717) is 18.2 Å². The average molecular weight is 386 g/mol. The minimum Gasteiger partial charge on any atom is -0.370 e. The molecule has 0 N–H and O–H groups in total. The normalized spacial score (nSPS) is 15.3. The first kappa shape index (κ1) is 19.8. The number of carbonyl (C=O) groups excluding carboxylic acids is 1. The first-order valence-corrected chi connectivity index (χ1v) is 10.4. The number of nitrogens with zero attached hydrogens (tertiary/aromatic N) is 3. The fraction of sp³-hybridized carbons (Fsp3) is 0.476. The summed E-state index contributed by atoms with van der Waals surface area (Å²) >= 11 is 1.49. The van der Waals surface area contributed by atoms with Crippen molar-refractivity contribution in [2.45, 2.75) is 51.3 Å². The summed E-state index contributed by atoms with van der Waals surface area (Å²) in [6.07, 6.45) is 0.738. The van der Waals surface area contributed by atoms with Crippen LogP contribution in [-0.4, -0.2) is 45.2 Å². The third-order valence-corrected chi connectivity index (χ3v) is 5.74. The van der Waals surface area contributed by atoms with Crippen molar-refractivity contribution >= 4 is 17.7 Å². The third-order valence-electron chi connectivity index (χ3n) is 4.74. The molecule has 1 amide bonds. The van der Waals surface area contributed by atoms with Crippen LogP contribution in [0.25, 0.3) is 11.4 Å². The van der Waals surface area contributed by atoms with Crippen LogP contribution in [0.2, 0.25) is 0 Å². The van der Waals surface area contributed by atoms with E-state index in [1.165, 1.54) is 11.8 Å². The topological polar surface area (TPSA) is 55.3 Å². The predicted octanol–water partition coefficient (Wildman–Crippen LogP) is 3.96. The van der Waals surface area contributed by atoms with Crippen molar-refractivity contribution in [1.82, 2.24) is 14.9 Å². The van der Waals surface area contributed by atoms with Crippen LogP contribution >= 0.6 is 11.8 Å². The van der Waals surface area contributed by atoms with Gasteiger partial charge in [0.2, 0.25) is 5.91 Å². The maximum Gasteiger partial charge on any atom is 0.232 e. The minimum absolute atomic E-state index is 0.135. The number of hydrogen-bond acceptors (Lipinski definition) is 5. The Labute approximate surface area is 165 Å². The maximum absolute atomic E-state index is 12.4. The van der Waals surface area contributed by atoms with Crippen molar-refractivity contribution in [2.75, 3.05) is 18.8 Å².